The molecule has 188 valence electrons. The quantitative estimate of drug-likeness (QED) is 0.257. The monoisotopic (exact) mass is 553 g/mol. The summed E-state index contributed by atoms with van der Waals surface area (Å²) >= 11 is 3.69. The maximum absolute atomic E-state index is 13.0. The van der Waals surface area contributed by atoms with E-state index in [1.165, 1.54) is 0 Å². The topological polar surface area (TPSA) is 114 Å². The average molecular weight is 554 g/mol. The summed E-state index contributed by atoms with van der Waals surface area (Å²) in [6.45, 7) is 6.07. The number of furan rings is 1. The molecule has 0 radical (unpaired) electrons. The second-order valence-electron chi connectivity index (χ2n) is 8.44. The molecule has 0 saturated heterocycles. The van der Waals surface area contributed by atoms with Crippen LogP contribution in [0.15, 0.2) is 51.4 Å². The molecule has 1 amide bonds. The van der Waals surface area contributed by atoms with Crippen LogP contribution < -0.4 is 0 Å². The van der Waals surface area contributed by atoms with Gasteiger partial charge >= 0.3 is 5.97 Å². The van der Waals surface area contributed by atoms with E-state index in [4.69, 9.17) is 9.15 Å². The summed E-state index contributed by atoms with van der Waals surface area (Å²) < 4.78 is 12.1. The van der Waals surface area contributed by atoms with Crippen molar-refractivity contribution in [2.75, 3.05) is 6.61 Å². The van der Waals surface area contributed by atoms with Gasteiger partial charge in [0.25, 0.3) is 0 Å². The van der Waals surface area contributed by atoms with E-state index in [1.54, 1.807) is 18.7 Å². The molecule has 1 N–H and O–H groups in total. The molecule has 4 rings (SSSR count). The van der Waals surface area contributed by atoms with Crippen molar-refractivity contribution in [3.8, 4) is 22.7 Å². The zero-order chi connectivity index (χ0) is 25.7. The maximum atomic E-state index is 13.0. The Labute approximate surface area is 217 Å². The smallest absolute Gasteiger partial charge is 0.328 e. The molecular formula is C26H28BrN5O4. The Balaban J connectivity index is 1.61. The van der Waals surface area contributed by atoms with Crippen molar-refractivity contribution in [2.45, 2.75) is 52.6 Å². The van der Waals surface area contributed by atoms with Gasteiger partial charge in [0.15, 0.2) is 0 Å². The number of hydrogen-bond acceptors (Lipinski definition) is 7. The van der Waals surface area contributed by atoms with Crippen molar-refractivity contribution in [3.05, 3.63) is 52.5 Å². The number of aromatic amines is 1. The molecule has 0 spiro atoms. The van der Waals surface area contributed by atoms with E-state index in [0.717, 1.165) is 39.4 Å². The molecular weight excluding hydrogens is 526 g/mol. The highest BCUT2D eigenvalue weighted by Crippen LogP contribution is 2.38. The highest BCUT2D eigenvalue weighted by atomic mass is 79.9. The molecule has 1 unspecified atom stereocenters. The molecule has 9 nitrogen and oxygen atoms in total. The third-order valence-electron chi connectivity index (χ3n) is 5.96. The Morgan fingerprint density at radius 1 is 1.14 bits per heavy atom. The molecule has 10 heteroatoms. The zero-order valence-electron chi connectivity index (χ0n) is 20.5. The highest BCUT2D eigenvalue weighted by Gasteiger charge is 2.27. The van der Waals surface area contributed by atoms with Crippen LogP contribution in [0.2, 0.25) is 0 Å². The number of unbranched alkanes of at least 4 members (excludes halogenated alkanes) is 1. The molecule has 2 aromatic heterocycles. The standard InChI is InChI=1S/C26H28BrN5O4/c1-4-6-7-22(33)32(16(3)26(34)35-5-2)15-17-8-13-21-20(14-17)23(27)24(36-21)18-9-11-19(12-10-18)25-28-30-31-29-25/h8-14,16H,4-7,15H2,1-3H3,(H,28,29,30,31). The van der Waals surface area contributed by atoms with Crippen molar-refractivity contribution in [1.82, 2.24) is 25.5 Å². The molecule has 0 bridgehead atoms. The molecule has 0 aliphatic heterocycles. The summed E-state index contributed by atoms with van der Waals surface area (Å²) in [5.74, 6) is 0.744. The van der Waals surface area contributed by atoms with Crippen molar-refractivity contribution in [1.29, 1.82) is 0 Å². The normalized spacial score (nSPS) is 12.0. The molecule has 4 aromatic rings. The van der Waals surface area contributed by atoms with Gasteiger partial charge in [-0.15, -0.1) is 10.2 Å². The third-order valence-corrected chi connectivity index (χ3v) is 6.74. The number of esters is 1. The fraction of sp³-hybridized carbons (Fsp3) is 0.346. The van der Waals surface area contributed by atoms with Gasteiger partial charge in [0, 0.05) is 29.5 Å². The fourth-order valence-corrected chi connectivity index (χ4v) is 4.57. The van der Waals surface area contributed by atoms with E-state index in [9.17, 15) is 9.59 Å². The van der Waals surface area contributed by atoms with Gasteiger partial charge in [-0.1, -0.05) is 43.7 Å². The van der Waals surface area contributed by atoms with Crippen LogP contribution in [0.1, 0.15) is 45.6 Å². The number of aromatic nitrogens is 4. The Bertz CT molecular complexity index is 1330. The molecule has 1 atom stereocenters. The van der Waals surface area contributed by atoms with Crippen molar-refractivity contribution in [2.24, 2.45) is 0 Å². The number of hydrogen-bond donors (Lipinski definition) is 1. The van der Waals surface area contributed by atoms with Crippen LogP contribution in [-0.4, -0.2) is 50.0 Å². The first-order valence-electron chi connectivity index (χ1n) is 11.9. The number of tetrazole rings is 1. The number of amides is 1. The lowest BCUT2D eigenvalue weighted by Crippen LogP contribution is -2.43. The minimum absolute atomic E-state index is 0.0638. The molecule has 0 aliphatic rings. The van der Waals surface area contributed by atoms with Crippen LogP contribution in [0.5, 0.6) is 0 Å². The van der Waals surface area contributed by atoms with Gasteiger partial charge < -0.3 is 14.1 Å². The summed E-state index contributed by atoms with van der Waals surface area (Å²) in [7, 11) is 0. The second kappa shape index (κ2) is 11.5. The Kier molecular flexibility index (Phi) is 8.14. The predicted octanol–water partition coefficient (Wildman–Crippen LogP) is 5.51. The van der Waals surface area contributed by atoms with Gasteiger partial charge in [0.1, 0.15) is 17.4 Å². The minimum atomic E-state index is -0.675. The molecule has 0 saturated carbocycles. The lowest BCUT2D eigenvalue weighted by atomic mass is 10.1. The van der Waals surface area contributed by atoms with Gasteiger partial charge in [-0.2, -0.15) is 5.21 Å². The summed E-state index contributed by atoms with van der Waals surface area (Å²) in [4.78, 5) is 27.0. The lowest BCUT2D eigenvalue weighted by molar-refractivity contribution is -0.154. The number of benzene rings is 2. The minimum Gasteiger partial charge on any atom is -0.464 e. The number of halogens is 1. The van der Waals surface area contributed by atoms with Gasteiger partial charge in [-0.05, 0) is 59.1 Å². The third kappa shape index (κ3) is 5.48. The molecule has 0 aliphatic carbocycles. The number of ether oxygens (including phenoxy) is 1. The van der Waals surface area contributed by atoms with Gasteiger partial charge in [-0.25, -0.2) is 4.79 Å². The molecule has 36 heavy (non-hydrogen) atoms. The average Bonchev–Trinajstić information content (AvgIpc) is 3.54. The van der Waals surface area contributed by atoms with E-state index in [0.29, 0.717) is 30.1 Å². The van der Waals surface area contributed by atoms with Gasteiger partial charge in [-0.3, -0.25) is 4.79 Å². The van der Waals surface area contributed by atoms with Crippen molar-refractivity contribution in [3.63, 3.8) is 0 Å². The Morgan fingerprint density at radius 2 is 1.89 bits per heavy atom. The Morgan fingerprint density at radius 3 is 2.56 bits per heavy atom. The van der Waals surface area contributed by atoms with Crippen LogP contribution in [0.4, 0.5) is 0 Å². The lowest BCUT2D eigenvalue weighted by Gasteiger charge is -2.28. The van der Waals surface area contributed by atoms with E-state index >= 15 is 0 Å². The summed E-state index contributed by atoms with van der Waals surface area (Å²) in [5, 5.41) is 14.9. The number of nitrogens with zero attached hydrogens (tertiary/aromatic N) is 4. The molecule has 2 aromatic carbocycles. The van der Waals surface area contributed by atoms with Crippen LogP contribution in [0.3, 0.4) is 0 Å². The van der Waals surface area contributed by atoms with Crippen LogP contribution in [-0.2, 0) is 20.9 Å². The van der Waals surface area contributed by atoms with E-state index in [2.05, 4.69) is 36.6 Å². The first-order valence-corrected chi connectivity index (χ1v) is 12.7. The number of carbonyl (C=O) groups is 2. The number of H-pyrrole nitrogens is 1. The van der Waals surface area contributed by atoms with Gasteiger partial charge in [0.05, 0.1) is 11.1 Å². The number of fused-ring (bicyclic) bond motifs is 1. The predicted molar refractivity (Wildman–Crippen MR) is 139 cm³/mol. The number of rotatable bonds is 10. The second-order valence-corrected chi connectivity index (χ2v) is 9.23. The largest absolute Gasteiger partial charge is 0.464 e. The fourth-order valence-electron chi connectivity index (χ4n) is 3.95. The summed E-state index contributed by atoms with van der Waals surface area (Å²) in [5.41, 5.74) is 3.33. The Hall–Kier alpha value is -3.53. The molecule has 2 heterocycles. The van der Waals surface area contributed by atoms with Crippen LogP contribution in [0.25, 0.3) is 33.7 Å². The van der Waals surface area contributed by atoms with Gasteiger partial charge in [0.2, 0.25) is 11.7 Å². The summed E-state index contributed by atoms with van der Waals surface area (Å²) in [6.07, 6.45) is 2.06. The van der Waals surface area contributed by atoms with Crippen molar-refractivity contribution >= 4 is 38.8 Å². The zero-order valence-corrected chi connectivity index (χ0v) is 22.0. The van der Waals surface area contributed by atoms with E-state index in [-0.39, 0.29) is 12.5 Å². The number of nitrogens with one attached hydrogen (secondary N) is 1. The van der Waals surface area contributed by atoms with Crippen LogP contribution >= 0.6 is 15.9 Å². The first kappa shape index (κ1) is 25.6. The van der Waals surface area contributed by atoms with Crippen molar-refractivity contribution < 1.29 is 18.7 Å². The maximum Gasteiger partial charge on any atom is 0.328 e. The van der Waals surface area contributed by atoms with E-state index < -0.39 is 12.0 Å². The SMILES string of the molecule is CCCCC(=O)N(Cc1ccc2oc(-c3ccc(-c4nn[nH]n4)cc3)c(Br)c2c1)C(C)C(=O)OCC. The highest BCUT2D eigenvalue weighted by molar-refractivity contribution is 9.10. The first-order chi connectivity index (χ1) is 17.4. The molecule has 0 fully saturated rings. The number of carbonyl (C=O) groups excluding carboxylic acids is 2. The van der Waals surface area contributed by atoms with E-state index in [1.807, 2.05) is 49.4 Å². The summed E-state index contributed by atoms with van der Waals surface area (Å²) in [6, 6.07) is 12.8. The van der Waals surface area contributed by atoms with Crippen LogP contribution in [0, 0.1) is 0 Å².